The monoisotopic (exact) mass is 357 g/mol. The fraction of sp³-hybridized carbons (Fsp3) is 0. The minimum absolute atomic E-state index is 0.165. The number of aromatic carboxylic acids is 1. The van der Waals surface area contributed by atoms with Crippen molar-refractivity contribution < 1.29 is 14.3 Å². The van der Waals surface area contributed by atoms with Crippen LogP contribution in [0, 0.1) is 0 Å². The second-order valence-corrected chi connectivity index (χ2v) is 5.83. The normalized spacial score (nSPS) is 10.5. The zero-order valence-corrected chi connectivity index (χ0v) is 14.2. The summed E-state index contributed by atoms with van der Waals surface area (Å²) in [5, 5.41) is 20.7. The van der Waals surface area contributed by atoms with E-state index in [1.54, 1.807) is 12.1 Å². The number of hydrogen-bond donors (Lipinski definition) is 2. The summed E-state index contributed by atoms with van der Waals surface area (Å²) in [4.78, 5) is 11.2. The van der Waals surface area contributed by atoms with Crippen molar-refractivity contribution in [2.45, 2.75) is 0 Å². The lowest BCUT2D eigenvalue weighted by molar-refractivity contribution is 0.0697. The smallest absolute Gasteiger partial charge is 0.335 e. The molecule has 0 aliphatic rings. The van der Waals surface area contributed by atoms with Crippen molar-refractivity contribution in [2.24, 2.45) is 0 Å². The van der Waals surface area contributed by atoms with Gasteiger partial charge in [-0.2, -0.15) is 0 Å². The summed E-state index contributed by atoms with van der Waals surface area (Å²) in [6.07, 6.45) is 0. The van der Waals surface area contributed by atoms with E-state index >= 15 is 0 Å². The molecule has 0 atom stereocenters. The Balaban J connectivity index is 1.68. The number of nitrogens with zero attached hydrogens (tertiary/aromatic N) is 2. The lowest BCUT2D eigenvalue weighted by Gasteiger charge is -2.09. The quantitative estimate of drug-likeness (QED) is 0.531. The van der Waals surface area contributed by atoms with Crippen LogP contribution >= 0.6 is 0 Å². The first-order valence-corrected chi connectivity index (χ1v) is 8.29. The van der Waals surface area contributed by atoms with Crippen molar-refractivity contribution in [3.63, 3.8) is 0 Å². The number of anilines is 2. The van der Waals surface area contributed by atoms with E-state index in [4.69, 9.17) is 9.52 Å². The number of benzene rings is 3. The summed E-state index contributed by atoms with van der Waals surface area (Å²) in [6.45, 7) is 0. The van der Waals surface area contributed by atoms with Crippen LogP contribution in [0.25, 0.3) is 22.9 Å². The average molecular weight is 357 g/mol. The van der Waals surface area contributed by atoms with Gasteiger partial charge in [0.1, 0.15) is 0 Å². The summed E-state index contributed by atoms with van der Waals surface area (Å²) >= 11 is 0. The highest BCUT2D eigenvalue weighted by Gasteiger charge is 2.15. The van der Waals surface area contributed by atoms with Crippen LogP contribution in [0.2, 0.25) is 0 Å². The number of para-hydroxylation sites is 2. The van der Waals surface area contributed by atoms with Crippen molar-refractivity contribution >= 4 is 17.3 Å². The molecule has 0 aliphatic heterocycles. The van der Waals surface area contributed by atoms with Crippen LogP contribution in [-0.4, -0.2) is 21.3 Å². The Labute approximate surface area is 155 Å². The van der Waals surface area contributed by atoms with E-state index in [1.165, 1.54) is 12.1 Å². The molecule has 0 amide bonds. The summed E-state index contributed by atoms with van der Waals surface area (Å²) < 4.78 is 5.81. The second-order valence-electron chi connectivity index (χ2n) is 5.83. The van der Waals surface area contributed by atoms with Gasteiger partial charge in [0, 0.05) is 11.3 Å². The Bertz CT molecular complexity index is 1090. The topological polar surface area (TPSA) is 88.2 Å². The van der Waals surface area contributed by atoms with Crippen molar-refractivity contribution in [1.82, 2.24) is 10.2 Å². The van der Waals surface area contributed by atoms with Crippen LogP contribution in [0.1, 0.15) is 10.4 Å². The van der Waals surface area contributed by atoms with Crippen LogP contribution in [0.3, 0.4) is 0 Å². The highest BCUT2D eigenvalue weighted by molar-refractivity contribution is 5.89. The van der Waals surface area contributed by atoms with Crippen LogP contribution in [0.15, 0.2) is 83.3 Å². The Morgan fingerprint density at radius 2 is 1.59 bits per heavy atom. The zero-order valence-electron chi connectivity index (χ0n) is 14.2. The molecule has 6 nitrogen and oxygen atoms in total. The molecule has 0 bridgehead atoms. The first kappa shape index (κ1) is 16.5. The molecular formula is C21H15N3O3. The molecule has 0 radical (unpaired) electrons. The molecule has 0 saturated carbocycles. The third-order valence-corrected chi connectivity index (χ3v) is 3.99. The van der Waals surface area contributed by atoms with Gasteiger partial charge in [0.05, 0.1) is 16.8 Å². The van der Waals surface area contributed by atoms with Crippen molar-refractivity contribution in [3.05, 3.63) is 84.4 Å². The minimum atomic E-state index is -1.01. The molecule has 0 fully saturated rings. The largest absolute Gasteiger partial charge is 0.478 e. The Kier molecular flexibility index (Phi) is 4.37. The molecule has 6 heteroatoms. The number of carbonyl (C=O) groups is 1. The number of hydrogen-bond acceptors (Lipinski definition) is 5. The maximum Gasteiger partial charge on any atom is 0.335 e. The van der Waals surface area contributed by atoms with Gasteiger partial charge in [-0.1, -0.05) is 36.4 Å². The van der Waals surface area contributed by atoms with E-state index in [1.807, 2.05) is 54.6 Å². The van der Waals surface area contributed by atoms with Crippen LogP contribution in [-0.2, 0) is 0 Å². The standard InChI is InChI=1S/C21H15N3O3/c25-21(26)15-8-6-7-14(13-15)19-23-24-20(27-19)17-11-4-5-12-18(17)22-16-9-2-1-3-10-16/h1-13,22H,(H,25,26). The summed E-state index contributed by atoms with van der Waals surface area (Å²) in [7, 11) is 0. The highest BCUT2D eigenvalue weighted by Crippen LogP contribution is 2.31. The third-order valence-electron chi connectivity index (χ3n) is 3.99. The third kappa shape index (κ3) is 3.55. The molecule has 0 aliphatic carbocycles. The average Bonchev–Trinajstić information content (AvgIpc) is 3.19. The maximum absolute atomic E-state index is 11.2. The molecule has 0 spiro atoms. The molecule has 1 heterocycles. The number of aromatic nitrogens is 2. The molecule has 132 valence electrons. The predicted octanol–water partition coefficient (Wildman–Crippen LogP) is 4.85. The Morgan fingerprint density at radius 3 is 2.41 bits per heavy atom. The van der Waals surface area contributed by atoms with E-state index in [9.17, 15) is 4.79 Å². The van der Waals surface area contributed by atoms with Crippen molar-refractivity contribution in [1.29, 1.82) is 0 Å². The van der Waals surface area contributed by atoms with Gasteiger partial charge in [0.25, 0.3) is 0 Å². The van der Waals surface area contributed by atoms with Gasteiger partial charge < -0.3 is 14.8 Å². The first-order valence-electron chi connectivity index (χ1n) is 8.29. The summed E-state index contributed by atoms with van der Waals surface area (Å²) in [6, 6.07) is 23.8. The van der Waals surface area contributed by atoms with Crippen LogP contribution in [0.4, 0.5) is 11.4 Å². The SMILES string of the molecule is O=C(O)c1cccc(-c2nnc(-c3ccccc3Nc3ccccc3)o2)c1. The van der Waals surface area contributed by atoms with Gasteiger partial charge in [0.2, 0.25) is 11.8 Å². The van der Waals surface area contributed by atoms with Gasteiger partial charge in [-0.15, -0.1) is 10.2 Å². The van der Waals surface area contributed by atoms with Crippen LogP contribution in [0.5, 0.6) is 0 Å². The van der Waals surface area contributed by atoms with Crippen molar-refractivity contribution in [2.75, 3.05) is 5.32 Å². The maximum atomic E-state index is 11.2. The fourth-order valence-electron chi connectivity index (χ4n) is 2.69. The van der Waals surface area contributed by atoms with Gasteiger partial charge in [-0.3, -0.25) is 0 Å². The van der Waals surface area contributed by atoms with Crippen LogP contribution < -0.4 is 5.32 Å². The molecule has 1 aromatic heterocycles. The molecule has 4 rings (SSSR count). The molecule has 4 aromatic rings. The summed E-state index contributed by atoms with van der Waals surface area (Å²) in [5.74, 6) is -0.388. The first-order chi connectivity index (χ1) is 13.2. The zero-order chi connectivity index (χ0) is 18.6. The lowest BCUT2D eigenvalue weighted by atomic mass is 10.1. The molecule has 3 aromatic carbocycles. The predicted molar refractivity (Wildman–Crippen MR) is 102 cm³/mol. The van der Waals surface area contributed by atoms with E-state index in [-0.39, 0.29) is 11.5 Å². The minimum Gasteiger partial charge on any atom is -0.478 e. The lowest BCUT2D eigenvalue weighted by Crippen LogP contribution is -1.95. The molecule has 0 saturated heterocycles. The van der Waals surface area contributed by atoms with E-state index in [0.717, 1.165) is 16.9 Å². The number of rotatable bonds is 5. The molecule has 27 heavy (non-hydrogen) atoms. The van der Waals surface area contributed by atoms with E-state index in [2.05, 4.69) is 15.5 Å². The number of carboxylic acids is 1. The Hall–Kier alpha value is -3.93. The fourth-order valence-corrected chi connectivity index (χ4v) is 2.69. The van der Waals surface area contributed by atoms with Crippen molar-refractivity contribution in [3.8, 4) is 22.9 Å². The van der Waals surface area contributed by atoms with E-state index in [0.29, 0.717) is 11.5 Å². The summed E-state index contributed by atoms with van der Waals surface area (Å²) in [5.41, 5.74) is 3.26. The number of carboxylic acid groups (broad SMARTS) is 1. The molecule has 0 unspecified atom stereocenters. The van der Waals surface area contributed by atoms with Gasteiger partial charge in [-0.25, -0.2) is 4.79 Å². The van der Waals surface area contributed by atoms with Gasteiger partial charge in [0.15, 0.2) is 0 Å². The molecule has 2 N–H and O–H groups in total. The number of nitrogens with one attached hydrogen (secondary N) is 1. The van der Waals surface area contributed by atoms with E-state index < -0.39 is 5.97 Å². The Morgan fingerprint density at radius 1 is 0.852 bits per heavy atom. The highest BCUT2D eigenvalue weighted by atomic mass is 16.4. The second kappa shape index (κ2) is 7.13. The van der Waals surface area contributed by atoms with Gasteiger partial charge in [-0.05, 0) is 42.5 Å². The van der Waals surface area contributed by atoms with Gasteiger partial charge >= 0.3 is 5.97 Å². The molecular weight excluding hydrogens is 342 g/mol.